The number of benzene rings is 2. The predicted octanol–water partition coefficient (Wildman–Crippen LogP) is 4.58. The zero-order chi connectivity index (χ0) is 24.3. The highest BCUT2D eigenvalue weighted by atomic mass is 19.4. The van der Waals surface area contributed by atoms with Crippen molar-refractivity contribution in [1.82, 2.24) is 14.4 Å². The first-order chi connectivity index (χ1) is 16.3. The van der Waals surface area contributed by atoms with E-state index in [1.807, 2.05) is 6.07 Å². The summed E-state index contributed by atoms with van der Waals surface area (Å²) < 4.78 is 45.5. The van der Waals surface area contributed by atoms with E-state index in [4.69, 9.17) is 10.00 Å². The van der Waals surface area contributed by atoms with Crippen LogP contribution < -0.4 is 4.90 Å². The van der Waals surface area contributed by atoms with Crippen LogP contribution >= 0.6 is 0 Å². The van der Waals surface area contributed by atoms with Crippen LogP contribution in [-0.2, 0) is 10.9 Å². The van der Waals surface area contributed by atoms with Gasteiger partial charge in [0.25, 0.3) is 5.91 Å². The highest BCUT2D eigenvalue weighted by Gasteiger charge is 2.30. The number of methoxy groups -OCH3 is 1. The lowest BCUT2D eigenvalue weighted by atomic mass is 10.1. The molecule has 2 aromatic carbocycles. The molecular weight excluding hydrogens is 447 g/mol. The van der Waals surface area contributed by atoms with Gasteiger partial charge in [0.1, 0.15) is 5.69 Å². The zero-order valence-electron chi connectivity index (χ0n) is 18.0. The number of ether oxygens (including phenoxy) is 1. The van der Waals surface area contributed by atoms with Gasteiger partial charge in [-0.25, -0.2) is 9.97 Å². The maximum atomic E-state index is 13.4. The third-order valence-electron chi connectivity index (χ3n) is 5.20. The number of amides is 1. The second-order valence-electron chi connectivity index (χ2n) is 7.33. The van der Waals surface area contributed by atoms with Crippen LogP contribution in [0.3, 0.4) is 0 Å². The number of rotatable bonds is 6. The standard InChI is InChI=1S/C24H18F3N5O2/c1-34-11-10-31(19-8-2-16(12-28)3-9-19)23(33)20-15-32-21(13-30-22(32)14-29-20)17-4-6-18(7-5-17)24(25,26)27/h2-9,13-15H,10-11H2,1H3. The van der Waals surface area contributed by atoms with Crippen LogP contribution in [0.1, 0.15) is 21.6 Å². The van der Waals surface area contributed by atoms with Crippen molar-refractivity contribution >= 4 is 17.2 Å². The summed E-state index contributed by atoms with van der Waals surface area (Å²) in [5.41, 5.74) is 1.85. The minimum Gasteiger partial charge on any atom is -0.383 e. The second kappa shape index (κ2) is 9.33. The maximum Gasteiger partial charge on any atom is 0.416 e. The minimum absolute atomic E-state index is 0.110. The number of anilines is 1. The number of nitriles is 1. The summed E-state index contributed by atoms with van der Waals surface area (Å²) >= 11 is 0. The molecule has 0 bridgehead atoms. The van der Waals surface area contributed by atoms with E-state index in [0.717, 1.165) is 12.1 Å². The second-order valence-corrected chi connectivity index (χ2v) is 7.33. The number of fused-ring (bicyclic) bond motifs is 1. The number of hydrogen-bond donors (Lipinski definition) is 0. The summed E-state index contributed by atoms with van der Waals surface area (Å²) in [6, 6.07) is 13.3. The Kier molecular flexibility index (Phi) is 6.30. The molecule has 0 saturated heterocycles. The molecule has 2 aromatic heterocycles. The molecule has 10 heteroatoms. The molecule has 0 N–H and O–H groups in total. The lowest BCUT2D eigenvalue weighted by molar-refractivity contribution is -0.137. The van der Waals surface area contributed by atoms with E-state index in [1.54, 1.807) is 28.7 Å². The fourth-order valence-electron chi connectivity index (χ4n) is 3.43. The first kappa shape index (κ1) is 22.9. The number of halogens is 3. The molecule has 7 nitrogen and oxygen atoms in total. The topological polar surface area (TPSA) is 83.5 Å². The quantitative estimate of drug-likeness (QED) is 0.416. The van der Waals surface area contributed by atoms with E-state index < -0.39 is 17.6 Å². The van der Waals surface area contributed by atoms with Gasteiger partial charge < -0.3 is 9.64 Å². The molecule has 2 heterocycles. The molecule has 0 aliphatic heterocycles. The van der Waals surface area contributed by atoms with Crippen LogP contribution in [0.4, 0.5) is 18.9 Å². The number of hydrogen-bond acceptors (Lipinski definition) is 5. The highest BCUT2D eigenvalue weighted by Crippen LogP contribution is 2.31. The van der Waals surface area contributed by atoms with Gasteiger partial charge in [0.05, 0.1) is 41.9 Å². The summed E-state index contributed by atoms with van der Waals surface area (Å²) in [6.07, 6.45) is 0.00497. The Hall–Kier alpha value is -4.23. The fourth-order valence-corrected chi connectivity index (χ4v) is 3.43. The number of carbonyl (C=O) groups is 1. The van der Waals surface area contributed by atoms with Gasteiger partial charge in [-0.05, 0) is 36.4 Å². The molecule has 0 fully saturated rings. The molecule has 0 spiro atoms. The molecule has 0 saturated carbocycles. The number of imidazole rings is 1. The van der Waals surface area contributed by atoms with Gasteiger partial charge >= 0.3 is 6.18 Å². The van der Waals surface area contributed by atoms with Crippen LogP contribution in [0.25, 0.3) is 16.9 Å². The molecule has 4 rings (SSSR count). The van der Waals surface area contributed by atoms with Crippen LogP contribution in [0.15, 0.2) is 67.1 Å². The predicted molar refractivity (Wildman–Crippen MR) is 118 cm³/mol. The number of carbonyl (C=O) groups excluding carboxylic acids is 1. The Morgan fingerprint density at radius 3 is 2.41 bits per heavy atom. The van der Waals surface area contributed by atoms with Gasteiger partial charge in [-0.1, -0.05) is 12.1 Å². The monoisotopic (exact) mass is 465 g/mol. The third-order valence-corrected chi connectivity index (χ3v) is 5.20. The fraction of sp³-hybridized carbons (Fsp3) is 0.167. The summed E-state index contributed by atoms with van der Waals surface area (Å²) in [4.78, 5) is 23.3. The maximum absolute atomic E-state index is 13.4. The van der Waals surface area contributed by atoms with Gasteiger partial charge in [0, 0.05) is 31.1 Å². The average Bonchev–Trinajstić information content (AvgIpc) is 3.27. The molecule has 0 atom stereocenters. The van der Waals surface area contributed by atoms with Crippen molar-refractivity contribution in [2.24, 2.45) is 0 Å². The first-order valence-corrected chi connectivity index (χ1v) is 10.1. The Morgan fingerprint density at radius 1 is 1.09 bits per heavy atom. The van der Waals surface area contributed by atoms with E-state index in [0.29, 0.717) is 28.2 Å². The van der Waals surface area contributed by atoms with Gasteiger partial charge in [-0.2, -0.15) is 18.4 Å². The van der Waals surface area contributed by atoms with Crippen molar-refractivity contribution in [2.45, 2.75) is 6.18 Å². The van der Waals surface area contributed by atoms with Crippen molar-refractivity contribution in [3.05, 3.63) is 83.9 Å². The van der Waals surface area contributed by atoms with Crippen molar-refractivity contribution < 1.29 is 22.7 Å². The molecule has 0 radical (unpaired) electrons. The largest absolute Gasteiger partial charge is 0.416 e. The van der Waals surface area contributed by atoms with Gasteiger partial charge in [0.15, 0.2) is 5.65 Å². The van der Waals surface area contributed by atoms with E-state index >= 15 is 0 Å². The Balaban J connectivity index is 1.70. The van der Waals surface area contributed by atoms with Crippen LogP contribution in [0.2, 0.25) is 0 Å². The number of aromatic nitrogens is 3. The molecular formula is C24H18F3N5O2. The molecule has 0 aliphatic carbocycles. The normalized spacial score (nSPS) is 11.4. The molecule has 34 heavy (non-hydrogen) atoms. The molecule has 172 valence electrons. The summed E-state index contributed by atoms with van der Waals surface area (Å²) in [6.45, 7) is 0.520. The van der Waals surface area contributed by atoms with Gasteiger partial charge in [-0.3, -0.25) is 9.20 Å². The number of nitrogens with zero attached hydrogens (tertiary/aromatic N) is 5. The summed E-state index contributed by atoms with van der Waals surface area (Å²) in [7, 11) is 1.52. The Morgan fingerprint density at radius 2 is 1.79 bits per heavy atom. The molecule has 0 aliphatic rings. The van der Waals surface area contributed by atoms with Crippen molar-refractivity contribution in [3.63, 3.8) is 0 Å². The lowest BCUT2D eigenvalue weighted by Crippen LogP contribution is -2.34. The van der Waals surface area contributed by atoms with Gasteiger partial charge in [-0.15, -0.1) is 0 Å². The Labute approximate surface area is 192 Å². The van der Waals surface area contributed by atoms with Crippen molar-refractivity contribution in [3.8, 4) is 17.3 Å². The van der Waals surface area contributed by atoms with Crippen molar-refractivity contribution in [2.75, 3.05) is 25.2 Å². The highest BCUT2D eigenvalue weighted by molar-refractivity contribution is 6.04. The van der Waals surface area contributed by atoms with Gasteiger partial charge in [0.2, 0.25) is 0 Å². The number of alkyl halides is 3. The first-order valence-electron chi connectivity index (χ1n) is 10.1. The summed E-state index contributed by atoms with van der Waals surface area (Å²) in [5.74, 6) is -0.407. The van der Waals surface area contributed by atoms with Crippen molar-refractivity contribution in [1.29, 1.82) is 5.26 Å². The van der Waals surface area contributed by atoms with E-state index in [1.165, 1.54) is 42.7 Å². The van der Waals surface area contributed by atoms with E-state index in [2.05, 4.69) is 9.97 Å². The Bertz CT molecular complexity index is 1360. The van der Waals surface area contributed by atoms with Crippen LogP contribution in [0, 0.1) is 11.3 Å². The zero-order valence-corrected chi connectivity index (χ0v) is 18.0. The molecule has 0 unspecified atom stereocenters. The summed E-state index contributed by atoms with van der Waals surface area (Å²) in [5, 5.41) is 9.03. The third kappa shape index (κ3) is 4.60. The van der Waals surface area contributed by atoms with E-state index in [-0.39, 0.29) is 18.8 Å². The van der Waals surface area contributed by atoms with Crippen LogP contribution in [-0.4, -0.2) is 40.5 Å². The van der Waals surface area contributed by atoms with Crippen LogP contribution in [0.5, 0.6) is 0 Å². The molecule has 4 aromatic rings. The lowest BCUT2D eigenvalue weighted by Gasteiger charge is -2.22. The SMILES string of the molecule is COCCN(C(=O)c1cn2c(-c3ccc(C(F)(F)F)cc3)cnc2cn1)c1ccc(C#N)cc1. The molecule has 1 amide bonds. The minimum atomic E-state index is -4.43. The smallest absolute Gasteiger partial charge is 0.383 e. The average molecular weight is 465 g/mol. The van der Waals surface area contributed by atoms with E-state index in [9.17, 15) is 18.0 Å².